The van der Waals surface area contributed by atoms with Crippen LogP contribution in [0.2, 0.25) is 0 Å². The molecule has 6 rings (SSSR count). The third-order valence-corrected chi connectivity index (χ3v) is 9.05. The van der Waals surface area contributed by atoms with Crippen LogP contribution in [0.25, 0.3) is 10.9 Å². The summed E-state index contributed by atoms with van der Waals surface area (Å²) in [6.07, 6.45) is 6.43. The maximum Gasteiger partial charge on any atom is 0.318 e. The number of amides is 1. The number of piperazine rings is 1. The van der Waals surface area contributed by atoms with Crippen LogP contribution >= 0.6 is 0 Å². The predicted octanol–water partition coefficient (Wildman–Crippen LogP) is 3.09. The lowest BCUT2D eigenvalue weighted by Crippen LogP contribution is -2.54. The molecule has 3 aliphatic rings. The fourth-order valence-corrected chi connectivity index (χ4v) is 6.72. The number of aryl methyl sites for hydroxylation is 1. The van der Waals surface area contributed by atoms with Crippen LogP contribution in [0.15, 0.2) is 31.0 Å². The summed E-state index contributed by atoms with van der Waals surface area (Å²) in [5.74, 6) is 0.911. The Hall–Kier alpha value is -3.50. The zero-order valence-corrected chi connectivity index (χ0v) is 24.1. The minimum Gasteiger partial charge on any atom is -0.462 e. The van der Waals surface area contributed by atoms with Gasteiger partial charge in [-0.25, -0.2) is 0 Å². The zero-order chi connectivity index (χ0) is 28.0. The number of rotatable bonds is 6. The average molecular weight is 545 g/mol. The molecular weight excluding hydrogens is 504 g/mol. The molecule has 3 aliphatic heterocycles. The first kappa shape index (κ1) is 26.7. The molecule has 0 radical (unpaired) electrons. The fraction of sp³-hybridized carbons (Fsp3) is 0.533. The number of benzene rings is 1. The van der Waals surface area contributed by atoms with E-state index in [1.165, 1.54) is 23.6 Å². The highest BCUT2D eigenvalue weighted by atomic mass is 16.5. The number of ether oxygens (including phenoxy) is 1. The average Bonchev–Trinajstić information content (AvgIpc) is 3.59. The van der Waals surface area contributed by atoms with Crippen molar-refractivity contribution in [3.05, 3.63) is 53.4 Å². The fourth-order valence-electron chi connectivity index (χ4n) is 6.72. The van der Waals surface area contributed by atoms with Crippen LogP contribution in [0.4, 0.5) is 5.82 Å². The molecule has 212 valence electrons. The summed E-state index contributed by atoms with van der Waals surface area (Å²) in [7, 11) is 4.34. The molecule has 0 bridgehead atoms. The minimum absolute atomic E-state index is 0.0204. The van der Waals surface area contributed by atoms with Crippen molar-refractivity contribution in [1.82, 2.24) is 34.9 Å². The first-order chi connectivity index (χ1) is 19.3. The molecule has 0 saturated carbocycles. The van der Waals surface area contributed by atoms with E-state index >= 15 is 0 Å². The number of aromatic amines is 1. The van der Waals surface area contributed by atoms with Gasteiger partial charge in [0.2, 0.25) is 5.91 Å². The molecule has 2 fully saturated rings. The lowest BCUT2D eigenvalue weighted by Gasteiger charge is -2.42. The van der Waals surface area contributed by atoms with Crippen LogP contribution in [0.5, 0.6) is 6.01 Å². The number of fused-ring (bicyclic) bond motifs is 2. The van der Waals surface area contributed by atoms with E-state index in [1.54, 1.807) is 0 Å². The van der Waals surface area contributed by atoms with Gasteiger partial charge in [-0.1, -0.05) is 12.6 Å². The molecule has 10 nitrogen and oxygen atoms in total. The molecule has 2 aromatic heterocycles. The van der Waals surface area contributed by atoms with Crippen LogP contribution in [-0.2, 0) is 17.8 Å². The zero-order valence-electron chi connectivity index (χ0n) is 24.1. The Bertz CT molecular complexity index is 1420. The summed E-state index contributed by atoms with van der Waals surface area (Å²) in [4.78, 5) is 31.4. The number of aromatic nitrogens is 4. The molecule has 1 N–H and O–H groups in total. The molecule has 40 heavy (non-hydrogen) atoms. The van der Waals surface area contributed by atoms with E-state index in [2.05, 4.69) is 71.6 Å². The quantitative estimate of drug-likeness (QED) is 0.474. The van der Waals surface area contributed by atoms with Gasteiger partial charge in [-0.15, -0.1) is 0 Å². The van der Waals surface area contributed by atoms with Crippen molar-refractivity contribution in [2.24, 2.45) is 0 Å². The van der Waals surface area contributed by atoms with Crippen LogP contribution < -0.4 is 9.64 Å². The molecule has 1 amide bonds. The second-order valence-electron chi connectivity index (χ2n) is 11.6. The van der Waals surface area contributed by atoms with Crippen molar-refractivity contribution < 1.29 is 9.53 Å². The molecule has 0 spiro atoms. The van der Waals surface area contributed by atoms with Gasteiger partial charge in [0.05, 0.1) is 17.4 Å². The van der Waals surface area contributed by atoms with Crippen LogP contribution in [-0.4, -0.2) is 99.7 Å². The summed E-state index contributed by atoms with van der Waals surface area (Å²) < 4.78 is 6.31. The Labute approximate surface area is 236 Å². The standard InChI is InChI=1S/C30H40N8O2/c1-6-27(39)38-13-12-37(16-20(38)3)29-23-17-36(5)26(28-19(2)9-10-24-22(28)15-31-34-24)14-25(23)32-30(33-29)40-18-21-8-7-11-35(21)4/h6,9-10,15,20-21,26H,1,7-8,11-14,16-18H2,2-5H3,(H,31,34)/t20-,21?,26?/m1/s1. The maximum atomic E-state index is 12.4. The highest BCUT2D eigenvalue weighted by molar-refractivity contribution is 5.87. The number of H-pyrrole nitrogens is 1. The van der Waals surface area contributed by atoms with Crippen molar-refractivity contribution in [3.8, 4) is 6.01 Å². The molecule has 5 heterocycles. The Morgan fingerprint density at radius 2 is 2.05 bits per heavy atom. The van der Waals surface area contributed by atoms with Gasteiger partial charge in [-0.05, 0) is 70.6 Å². The van der Waals surface area contributed by atoms with E-state index in [9.17, 15) is 4.79 Å². The van der Waals surface area contributed by atoms with Gasteiger partial charge in [0.25, 0.3) is 0 Å². The van der Waals surface area contributed by atoms with Crippen molar-refractivity contribution >= 4 is 22.6 Å². The Kier molecular flexibility index (Phi) is 7.22. The second-order valence-corrected chi connectivity index (χ2v) is 11.6. The first-order valence-electron chi connectivity index (χ1n) is 14.4. The Balaban J connectivity index is 1.35. The SMILES string of the molecule is C=CC(=O)N1CCN(c2nc(OCC3CCCN3C)nc3c2CN(C)C(c2c(C)ccc4[nH]ncc24)C3)C[C@H]1C. The second kappa shape index (κ2) is 10.8. The highest BCUT2D eigenvalue weighted by Gasteiger charge is 2.35. The monoisotopic (exact) mass is 544 g/mol. The number of carbonyl (C=O) groups is 1. The molecule has 3 aromatic rings. The minimum atomic E-state index is -0.0204. The normalized spacial score (nSPS) is 23.9. The van der Waals surface area contributed by atoms with Crippen molar-refractivity contribution in [1.29, 1.82) is 0 Å². The molecule has 2 unspecified atom stereocenters. The number of hydrogen-bond donors (Lipinski definition) is 1. The summed E-state index contributed by atoms with van der Waals surface area (Å²) in [5.41, 5.74) is 5.78. The summed E-state index contributed by atoms with van der Waals surface area (Å²) in [6.45, 7) is 12.4. The number of likely N-dealkylation sites (tertiary alicyclic amines) is 1. The smallest absolute Gasteiger partial charge is 0.318 e. The molecule has 10 heteroatoms. The van der Waals surface area contributed by atoms with E-state index < -0.39 is 0 Å². The van der Waals surface area contributed by atoms with E-state index in [4.69, 9.17) is 14.7 Å². The van der Waals surface area contributed by atoms with Gasteiger partial charge in [0.15, 0.2) is 0 Å². The van der Waals surface area contributed by atoms with E-state index in [0.29, 0.717) is 38.3 Å². The number of nitrogens with one attached hydrogen (secondary N) is 1. The van der Waals surface area contributed by atoms with Gasteiger partial charge in [0, 0.05) is 61.7 Å². The first-order valence-corrected chi connectivity index (χ1v) is 14.4. The third-order valence-electron chi connectivity index (χ3n) is 9.05. The third kappa shape index (κ3) is 4.83. The van der Waals surface area contributed by atoms with Crippen molar-refractivity contribution in [2.45, 2.75) is 57.8 Å². The summed E-state index contributed by atoms with van der Waals surface area (Å²) in [6, 6.07) is 5.32. The number of nitrogens with zero attached hydrogens (tertiary/aromatic N) is 7. The van der Waals surface area contributed by atoms with Gasteiger partial charge in [-0.2, -0.15) is 15.1 Å². The molecule has 0 aliphatic carbocycles. The Morgan fingerprint density at radius 1 is 1.20 bits per heavy atom. The predicted molar refractivity (Wildman–Crippen MR) is 156 cm³/mol. The van der Waals surface area contributed by atoms with Crippen molar-refractivity contribution in [2.75, 3.05) is 51.8 Å². The molecule has 3 atom stereocenters. The summed E-state index contributed by atoms with van der Waals surface area (Å²) >= 11 is 0. The maximum absolute atomic E-state index is 12.4. The van der Waals surface area contributed by atoms with E-state index in [0.717, 1.165) is 53.9 Å². The number of carbonyl (C=O) groups excluding carboxylic acids is 1. The molecular formula is C30H40N8O2. The number of anilines is 1. The Morgan fingerprint density at radius 3 is 2.80 bits per heavy atom. The topological polar surface area (TPSA) is 93.7 Å². The van der Waals surface area contributed by atoms with Gasteiger partial charge in [0.1, 0.15) is 12.4 Å². The largest absolute Gasteiger partial charge is 0.462 e. The van der Waals surface area contributed by atoms with Crippen LogP contribution in [0, 0.1) is 6.92 Å². The summed E-state index contributed by atoms with van der Waals surface area (Å²) in [5, 5.41) is 8.61. The van der Waals surface area contributed by atoms with E-state index in [-0.39, 0.29) is 18.0 Å². The lowest BCUT2D eigenvalue weighted by molar-refractivity contribution is -0.128. The van der Waals surface area contributed by atoms with Crippen molar-refractivity contribution in [3.63, 3.8) is 0 Å². The van der Waals surface area contributed by atoms with Gasteiger partial charge in [-0.3, -0.25) is 14.8 Å². The van der Waals surface area contributed by atoms with Crippen LogP contribution in [0.3, 0.4) is 0 Å². The molecule has 2 saturated heterocycles. The lowest BCUT2D eigenvalue weighted by atomic mass is 9.89. The van der Waals surface area contributed by atoms with Gasteiger partial charge < -0.3 is 19.4 Å². The number of hydrogen-bond acceptors (Lipinski definition) is 8. The number of likely N-dealkylation sites (N-methyl/N-ethyl adjacent to an activating group) is 2. The highest BCUT2D eigenvalue weighted by Crippen LogP contribution is 2.39. The van der Waals surface area contributed by atoms with Crippen LogP contribution in [0.1, 0.15) is 48.2 Å². The molecule has 1 aromatic carbocycles. The van der Waals surface area contributed by atoms with E-state index in [1.807, 2.05) is 11.1 Å². The van der Waals surface area contributed by atoms with Gasteiger partial charge >= 0.3 is 6.01 Å².